The molecule has 6 aromatic carbocycles. The van der Waals surface area contributed by atoms with E-state index in [4.69, 9.17) is 4.98 Å². The summed E-state index contributed by atoms with van der Waals surface area (Å²) >= 11 is 0. The number of hydrogen-bond donors (Lipinski definition) is 0. The van der Waals surface area contributed by atoms with Gasteiger partial charge in [-0.2, -0.15) is 0 Å². The van der Waals surface area contributed by atoms with Gasteiger partial charge in [-0.25, -0.2) is 0 Å². The number of hydrogen-bond acceptors (Lipinski definition) is 1. The Kier molecular flexibility index (Phi) is 4.43. The summed E-state index contributed by atoms with van der Waals surface area (Å²) in [6.45, 7) is 2.20. The molecule has 0 atom stereocenters. The van der Waals surface area contributed by atoms with Crippen molar-refractivity contribution >= 4 is 43.2 Å². The third kappa shape index (κ3) is 3.05. The van der Waals surface area contributed by atoms with Gasteiger partial charge in [0, 0.05) is 22.4 Å². The van der Waals surface area contributed by atoms with Crippen LogP contribution >= 0.6 is 0 Å². The summed E-state index contributed by atoms with van der Waals surface area (Å²) in [4.78, 5) is 4.92. The van der Waals surface area contributed by atoms with Crippen LogP contribution in [0.25, 0.3) is 65.5 Å². The molecule has 0 aliphatic carbocycles. The van der Waals surface area contributed by atoms with E-state index in [0.717, 1.165) is 5.52 Å². The first-order valence-corrected chi connectivity index (χ1v) is 12.1. The van der Waals surface area contributed by atoms with Crippen LogP contribution in [-0.4, -0.2) is 4.98 Å². The molecule has 0 saturated carbocycles. The number of rotatable bonds is 2. The van der Waals surface area contributed by atoms with Gasteiger partial charge in [0.25, 0.3) is 0 Å². The summed E-state index contributed by atoms with van der Waals surface area (Å²) < 4.78 is 0. The first kappa shape index (κ1) is 19.9. The van der Waals surface area contributed by atoms with Crippen LogP contribution in [0.5, 0.6) is 0 Å². The minimum absolute atomic E-state index is 1.02. The lowest BCUT2D eigenvalue weighted by atomic mass is 9.84. The predicted molar refractivity (Wildman–Crippen MR) is 150 cm³/mol. The maximum atomic E-state index is 4.92. The molecule has 7 aromatic rings. The molecule has 0 N–H and O–H groups in total. The lowest BCUT2D eigenvalue weighted by molar-refractivity contribution is 1.44. The summed E-state index contributed by atoms with van der Waals surface area (Å²) in [7, 11) is 0. The lowest BCUT2D eigenvalue weighted by Crippen LogP contribution is -1.94. The number of fused-ring (bicyclic) bond motifs is 5. The second-order valence-electron chi connectivity index (χ2n) is 9.24. The van der Waals surface area contributed by atoms with Crippen LogP contribution < -0.4 is 0 Å². The number of para-hydroxylation sites is 1. The van der Waals surface area contributed by atoms with Crippen LogP contribution in [-0.2, 0) is 0 Å². The fourth-order valence-corrected chi connectivity index (χ4v) is 5.59. The van der Waals surface area contributed by atoms with Gasteiger partial charge in [-0.15, -0.1) is 0 Å². The molecule has 0 fully saturated rings. The van der Waals surface area contributed by atoms with Crippen LogP contribution in [0.15, 0.2) is 121 Å². The molecule has 164 valence electrons. The molecule has 0 saturated heterocycles. The van der Waals surface area contributed by atoms with Gasteiger partial charge in [-0.05, 0) is 68.4 Å². The second-order valence-corrected chi connectivity index (χ2v) is 9.24. The zero-order valence-electron chi connectivity index (χ0n) is 19.5. The molecule has 35 heavy (non-hydrogen) atoms. The molecule has 0 unspecified atom stereocenters. The number of aryl methyl sites for hydroxylation is 1. The summed E-state index contributed by atoms with van der Waals surface area (Å²) in [5.74, 6) is 0. The smallest absolute Gasteiger partial charge is 0.0708 e. The minimum atomic E-state index is 1.02. The van der Waals surface area contributed by atoms with Crippen molar-refractivity contribution in [1.29, 1.82) is 0 Å². The molecule has 0 bridgehead atoms. The van der Waals surface area contributed by atoms with E-state index in [0.29, 0.717) is 0 Å². The lowest BCUT2D eigenvalue weighted by Gasteiger charge is -2.20. The van der Waals surface area contributed by atoms with E-state index in [2.05, 4.69) is 128 Å². The SMILES string of the molecule is Cc1ccccc1-c1c2ccccc2c(-c2ccc3ccccc3c2)c2c1cnc1ccccc12. The first-order valence-electron chi connectivity index (χ1n) is 12.1. The quantitative estimate of drug-likeness (QED) is 0.191. The van der Waals surface area contributed by atoms with Crippen LogP contribution in [0.4, 0.5) is 0 Å². The third-order valence-corrected chi connectivity index (χ3v) is 7.21. The van der Waals surface area contributed by atoms with Gasteiger partial charge in [0.05, 0.1) is 5.52 Å². The van der Waals surface area contributed by atoms with Crippen molar-refractivity contribution in [2.24, 2.45) is 0 Å². The average molecular weight is 446 g/mol. The molecule has 1 heteroatoms. The summed E-state index contributed by atoms with van der Waals surface area (Å²) in [5.41, 5.74) is 7.32. The Hall–Kier alpha value is -4.49. The number of pyridine rings is 1. The van der Waals surface area contributed by atoms with Gasteiger partial charge in [-0.3, -0.25) is 4.98 Å². The maximum absolute atomic E-state index is 4.92. The molecular weight excluding hydrogens is 422 g/mol. The van der Waals surface area contributed by atoms with Crippen molar-refractivity contribution in [3.05, 3.63) is 127 Å². The molecule has 7 rings (SSSR count). The number of benzene rings is 6. The van der Waals surface area contributed by atoms with Crippen LogP contribution in [0.2, 0.25) is 0 Å². The molecule has 0 radical (unpaired) electrons. The highest BCUT2D eigenvalue weighted by molar-refractivity contribution is 6.27. The topological polar surface area (TPSA) is 12.9 Å². The second kappa shape index (κ2) is 7.78. The van der Waals surface area contributed by atoms with Gasteiger partial charge in [0.2, 0.25) is 0 Å². The molecule has 1 nitrogen and oxygen atoms in total. The van der Waals surface area contributed by atoms with Gasteiger partial charge in [0.1, 0.15) is 0 Å². The Labute approximate surface area is 204 Å². The molecular formula is C34H23N. The summed E-state index contributed by atoms with van der Waals surface area (Å²) in [6, 6.07) is 41.5. The summed E-state index contributed by atoms with van der Waals surface area (Å²) in [5, 5.41) is 8.69. The van der Waals surface area contributed by atoms with E-state index < -0.39 is 0 Å². The van der Waals surface area contributed by atoms with E-state index in [1.165, 1.54) is 65.5 Å². The molecule has 0 spiro atoms. The standard InChI is InChI=1S/C34H23N/c1-22-10-2-5-13-26(22)33-28-15-7-6-14-27(28)32(25-19-18-23-11-3-4-12-24(23)20-25)34-29-16-8-9-17-31(29)35-21-30(33)34/h2-21H,1H3. The fraction of sp³-hybridized carbons (Fsp3) is 0.0294. The Morgan fingerprint density at radius 3 is 2.00 bits per heavy atom. The molecule has 0 amide bonds. The zero-order chi connectivity index (χ0) is 23.4. The number of nitrogens with zero attached hydrogens (tertiary/aromatic N) is 1. The van der Waals surface area contributed by atoms with Crippen molar-refractivity contribution in [2.75, 3.05) is 0 Å². The van der Waals surface area contributed by atoms with Crippen molar-refractivity contribution in [1.82, 2.24) is 4.98 Å². The van der Waals surface area contributed by atoms with Gasteiger partial charge in [-0.1, -0.05) is 103 Å². The van der Waals surface area contributed by atoms with Crippen molar-refractivity contribution in [3.63, 3.8) is 0 Å². The van der Waals surface area contributed by atoms with Crippen LogP contribution in [0.3, 0.4) is 0 Å². The highest BCUT2D eigenvalue weighted by atomic mass is 14.6. The van der Waals surface area contributed by atoms with Gasteiger partial charge in [0.15, 0.2) is 0 Å². The largest absolute Gasteiger partial charge is 0.256 e. The highest BCUT2D eigenvalue weighted by Gasteiger charge is 2.19. The van der Waals surface area contributed by atoms with Crippen molar-refractivity contribution in [3.8, 4) is 22.3 Å². The maximum Gasteiger partial charge on any atom is 0.0708 e. The van der Waals surface area contributed by atoms with Crippen molar-refractivity contribution in [2.45, 2.75) is 6.92 Å². The average Bonchev–Trinajstić information content (AvgIpc) is 2.92. The van der Waals surface area contributed by atoms with Crippen molar-refractivity contribution < 1.29 is 0 Å². The molecule has 1 aromatic heterocycles. The van der Waals surface area contributed by atoms with E-state index >= 15 is 0 Å². The van der Waals surface area contributed by atoms with E-state index in [9.17, 15) is 0 Å². The minimum Gasteiger partial charge on any atom is -0.256 e. The van der Waals surface area contributed by atoms with E-state index in [1.54, 1.807) is 0 Å². The monoisotopic (exact) mass is 445 g/mol. The zero-order valence-corrected chi connectivity index (χ0v) is 19.5. The third-order valence-electron chi connectivity index (χ3n) is 7.21. The number of aromatic nitrogens is 1. The van der Waals surface area contributed by atoms with Gasteiger partial charge >= 0.3 is 0 Å². The highest BCUT2D eigenvalue weighted by Crippen LogP contribution is 2.46. The van der Waals surface area contributed by atoms with Gasteiger partial charge < -0.3 is 0 Å². The Bertz CT molecular complexity index is 1910. The normalized spacial score (nSPS) is 11.6. The predicted octanol–water partition coefficient (Wildman–Crippen LogP) is 9.34. The molecule has 1 heterocycles. The van der Waals surface area contributed by atoms with E-state index in [-0.39, 0.29) is 0 Å². The fourth-order valence-electron chi connectivity index (χ4n) is 5.59. The van der Waals surface area contributed by atoms with E-state index in [1.807, 2.05) is 0 Å². The van der Waals surface area contributed by atoms with Crippen LogP contribution in [0.1, 0.15) is 5.56 Å². The Morgan fingerprint density at radius 1 is 0.514 bits per heavy atom. The Morgan fingerprint density at radius 2 is 1.17 bits per heavy atom. The molecule has 0 aliphatic rings. The van der Waals surface area contributed by atoms with Crippen LogP contribution in [0, 0.1) is 6.92 Å². The summed E-state index contributed by atoms with van der Waals surface area (Å²) in [6.07, 6.45) is 2.08. The molecule has 0 aliphatic heterocycles. The first-order chi connectivity index (χ1) is 17.3. The Balaban J connectivity index is 1.74.